The van der Waals surface area contributed by atoms with Crippen molar-refractivity contribution in [2.75, 3.05) is 0 Å². The third kappa shape index (κ3) is 2.01. The highest BCUT2D eigenvalue weighted by molar-refractivity contribution is 6.04. The van der Waals surface area contributed by atoms with Crippen LogP contribution in [-0.2, 0) is 0 Å². The first-order valence-corrected chi connectivity index (χ1v) is 7.25. The molecular formula is C20H14O2. The van der Waals surface area contributed by atoms with Crippen LogP contribution in [0.25, 0.3) is 33.1 Å². The molecule has 4 aromatic rings. The molecule has 0 aliphatic carbocycles. The zero-order valence-electron chi connectivity index (χ0n) is 12.2. The van der Waals surface area contributed by atoms with Crippen molar-refractivity contribution in [1.29, 1.82) is 0 Å². The molecule has 0 saturated carbocycles. The minimum atomic E-state index is -0.0115. The zero-order chi connectivity index (χ0) is 15.1. The lowest BCUT2D eigenvalue weighted by molar-refractivity contribution is 0.622. The highest BCUT2D eigenvalue weighted by Gasteiger charge is 2.09. The van der Waals surface area contributed by atoms with Gasteiger partial charge < -0.3 is 4.42 Å². The SMILES string of the molecule is Cc1ccc(-c2cc(=O)c3ccc4ccccc4c3o2)cc1. The largest absolute Gasteiger partial charge is 0.455 e. The van der Waals surface area contributed by atoms with Crippen molar-refractivity contribution >= 4 is 21.7 Å². The number of rotatable bonds is 1. The maximum Gasteiger partial charge on any atom is 0.193 e. The van der Waals surface area contributed by atoms with Crippen molar-refractivity contribution in [2.24, 2.45) is 0 Å². The van der Waals surface area contributed by atoms with Crippen LogP contribution in [0.3, 0.4) is 0 Å². The number of hydrogen-bond acceptors (Lipinski definition) is 2. The van der Waals surface area contributed by atoms with Gasteiger partial charge in [-0.05, 0) is 18.4 Å². The van der Waals surface area contributed by atoms with E-state index in [9.17, 15) is 4.79 Å². The van der Waals surface area contributed by atoms with Crippen LogP contribution in [0.15, 0.2) is 75.9 Å². The summed E-state index contributed by atoms with van der Waals surface area (Å²) in [5, 5.41) is 2.65. The second-order valence-corrected chi connectivity index (χ2v) is 5.50. The van der Waals surface area contributed by atoms with E-state index in [2.05, 4.69) is 0 Å². The smallest absolute Gasteiger partial charge is 0.193 e. The summed E-state index contributed by atoms with van der Waals surface area (Å²) < 4.78 is 6.08. The molecule has 4 rings (SSSR count). The van der Waals surface area contributed by atoms with E-state index in [4.69, 9.17) is 4.42 Å². The van der Waals surface area contributed by atoms with E-state index in [0.717, 1.165) is 16.3 Å². The van der Waals surface area contributed by atoms with Crippen LogP contribution >= 0.6 is 0 Å². The number of fused-ring (bicyclic) bond motifs is 3. The van der Waals surface area contributed by atoms with Gasteiger partial charge in [-0.15, -0.1) is 0 Å². The second kappa shape index (κ2) is 4.85. The fraction of sp³-hybridized carbons (Fsp3) is 0.0500. The quantitative estimate of drug-likeness (QED) is 0.465. The summed E-state index contributed by atoms with van der Waals surface area (Å²) in [4.78, 5) is 12.4. The number of aryl methyl sites for hydroxylation is 1. The molecule has 0 unspecified atom stereocenters. The Kier molecular flexibility index (Phi) is 2.83. The third-order valence-electron chi connectivity index (χ3n) is 3.96. The van der Waals surface area contributed by atoms with Crippen LogP contribution < -0.4 is 5.43 Å². The summed E-state index contributed by atoms with van der Waals surface area (Å²) in [5.74, 6) is 0.605. The maximum absolute atomic E-state index is 12.4. The van der Waals surface area contributed by atoms with Gasteiger partial charge in [0.05, 0.1) is 5.39 Å². The molecule has 2 nitrogen and oxygen atoms in total. The van der Waals surface area contributed by atoms with E-state index in [0.29, 0.717) is 16.7 Å². The van der Waals surface area contributed by atoms with Crippen molar-refractivity contribution in [1.82, 2.24) is 0 Å². The highest BCUT2D eigenvalue weighted by Crippen LogP contribution is 2.27. The second-order valence-electron chi connectivity index (χ2n) is 5.50. The van der Waals surface area contributed by atoms with Crippen LogP contribution in [0.5, 0.6) is 0 Å². The Hall–Kier alpha value is -2.87. The molecule has 1 heterocycles. The van der Waals surface area contributed by atoms with E-state index < -0.39 is 0 Å². The lowest BCUT2D eigenvalue weighted by Crippen LogP contribution is -2.00. The van der Waals surface area contributed by atoms with Crippen LogP contribution in [0, 0.1) is 6.92 Å². The van der Waals surface area contributed by atoms with Gasteiger partial charge in [0, 0.05) is 17.0 Å². The fourth-order valence-corrected chi connectivity index (χ4v) is 2.74. The Labute approximate surface area is 127 Å². The Bertz CT molecular complexity index is 1040. The van der Waals surface area contributed by atoms with Crippen LogP contribution in [0.1, 0.15) is 5.56 Å². The topological polar surface area (TPSA) is 30.2 Å². The lowest BCUT2D eigenvalue weighted by atomic mass is 10.1. The summed E-state index contributed by atoms with van der Waals surface area (Å²) in [5.41, 5.74) is 2.73. The Balaban J connectivity index is 2.08. The molecule has 2 heteroatoms. The molecule has 0 saturated heterocycles. The van der Waals surface area contributed by atoms with E-state index in [-0.39, 0.29) is 5.43 Å². The Morgan fingerprint density at radius 3 is 2.41 bits per heavy atom. The Morgan fingerprint density at radius 1 is 0.818 bits per heavy atom. The molecule has 0 aliphatic rings. The summed E-state index contributed by atoms with van der Waals surface area (Å²) in [6, 6.07) is 21.3. The first-order chi connectivity index (χ1) is 10.7. The van der Waals surface area contributed by atoms with Crippen LogP contribution in [0.2, 0.25) is 0 Å². The average molecular weight is 286 g/mol. The number of hydrogen-bond donors (Lipinski definition) is 0. The minimum absolute atomic E-state index is 0.0115. The molecule has 0 amide bonds. The molecule has 0 N–H and O–H groups in total. The van der Waals surface area contributed by atoms with E-state index in [1.54, 1.807) is 6.07 Å². The van der Waals surface area contributed by atoms with Gasteiger partial charge >= 0.3 is 0 Å². The molecule has 106 valence electrons. The van der Waals surface area contributed by atoms with E-state index >= 15 is 0 Å². The van der Waals surface area contributed by atoms with Crippen molar-refractivity contribution in [3.63, 3.8) is 0 Å². The summed E-state index contributed by atoms with van der Waals surface area (Å²) in [7, 11) is 0. The molecule has 0 atom stereocenters. The van der Waals surface area contributed by atoms with Crippen LogP contribution in [0.4, 0.5) is 0 Å². The molecular weight excluding hydrogens is 272 g/mol. The minimum Gasteiger partial charge on any atom is -0.455 e. The summed E-state index contributed by atoms with van der Waals surface area (Å²) in [6.07, 6.45) is 0. The number of benzene rings is 3. The predicted octanol–water partition coefficient (Wildman–Crippen LogP) is 4.92. The fourth-order valence-electron chi connectivity index (χ4n) is 2.74. The van der Waals surface area contributed by atoms with Gasteiger partial charge in [-0.25, -0.2) is 0 Å². The zero-order valence-corrected chi connectivity index (χ0v) is 12.2. The Morgan fingerprint density at radius 2 is 1.59 bits per heavy atom. The van der Waals surface area contributed by atoms with Gasteiger partial charge in [-0.2, -0.15) is 0 Å². The maximum atomic E-state index is 12.4. The standard InChI is InChI=1S/C20H14O2/c1-13-6-8-15(9-7-13)19-12-18(21)17-11-10-14-4-2-3-5-16(14)20(17)22-19/h2-12H,1H3. The average Bonchev–Trinajstić information content (AvgIpc) is 2.55. The predicted molar refractivity (Wildman–Crippen MR) is 90.2 cm³/mol. The van der Waals surface area contributed by atoms with Gasteiger partial charge in [0.25, 0.3) is 0 Å². The van der Waals surface area contributed by atoms with Crippen molar-refractivity contribution in [3.05, 3.63) is 82.5 Å². The third-order valence-corrected chi connectivity index (χ3v) is 3.96. The molecule has 0 aliphatic heterocycles. The van der Waals surface area contributed by atoms with E-state index in [1.807, 2.05) is 67.6 Å². The van der Waals surface area contributed by atoms with E-state index in [1.165, 1.54) is 5.56 Å². The molecule has 0 radical (unpaired) electrons. The normalized spacial score (nSPS) is 11.1. The van der Waals surface area contributed by atoms with Gasteiger partial charge in [-0.1, -0.05) is 60.2 Å². The van der Waals surface area contributed by atoms with Gasteiger partial charge in [0.15, 0.2) is 5.43 Å². The van der Waals surface area contributed by atoms with Crippen molar-refractivity contribution < 1.29 is 4.42 Å². The first kappa shape index (κ1) is 12.8. The van der Waals surface area contributed by atoms with Crippen molar-refractivity contribution in [3.8, 4) is 11.3 Å². The monoisotopic (exact) mass is 286 g/mol. The molecule has 22 heavy (non-hydrogen) atoms. The molecule has 1 aromatic heterocycles. The molecule has 3 aromatic carbocycles. The lowest BCUT2D eigenvalue weighted by Gasteiger charge is -2.06. The van der Waals surface area contributed by atoms with Crippen LogP contribution in [-0.4, -0.2) is 0 Å². The van der Waals surface area contributed by atoms with Gasteiger partial charge in [-0.3, -0.25) is 4.79 Å². The highest BCUT2D eigenvalue weighted by atomic mass is 16.3. The van der Waals surface area contributed by atoms with Crippen molar-refractivity contribution in [2.45, 2.75) is 6.92 Å². The molecule has 0 fully saturated rings. The molecule has 0 spiro atoms. The summed E-state index contributed by atoms with van der Waals surface area (Å²) >= 11 is 0. The van der Waals surface area contributed by atoms with Gasteiger partial charge in [0.1, 0.15) is 11.3 Å². The first-order valence-electron chi connectivity index (χ1n) is 7.25. The van der Waals surface area contributed by atoms with Gasteiger partial charge in [0.2, 0.25) is 0 Å². The summed E-state index contributed by atoms with van der Waals surface area (Å²) in [6.45, 7) is 2.04. The molecule has 0 bridgehead atoms.